The average Bonchev–Trinajstić information content (AvgIpc) is 0.811. The van der Waals surface area contributed by atoms with Crippen LogP contribution in [0, 0.1) is 0 Å². The van der Waals surface area contributed by atoms with Gasteiger partial charge in [-0.05, 0) is 224 Å². The summed E-state index contributed by atoms with van der Waals surface area (Å²) in [6.07, 6.45) is 0. The van der Waals surface area contributed by atoms with Crippen LogP contribution >= 0.6 is 0 Å². The lowest BCUT2D eigenvalue weighted by atomic mass is 9.33. The standard InChI is InChI=1S/C130H91BN4/c1-130(2,3)98-82-125-127-126(83-98)135(129-111(107-60-34-30-56-103(107)92-50-24-10-25-51-92)64-37-65-112(129)108-61-35-31-57-104(108)93-52-26-11-27-53-93)124-85-100(133-121-76-68-96(88-42-16-6-17-43-88)80-115(121)116-81-97(69-77-122(116)133)89-44-18-7-19-45-89)71-73-118(124)131(127)117-72-70-99(132-119-74-66-94(86-38-12-4-13-39-86)78-113(119)114-79-95(67-75-120(114)132)87-40-14-5-15-41-87)84-123(117)134(125)128-109(105-58-32-28-54-101(105)90-46-20-8-21-47-90)62-36-63-110(128)106-59-33-29-55-102(106)91-48-22-9-23-49-91/h4-85H,1-3H3. The number of para-hydroxylation sites is 2. The largest absolute Gasteiger partial charge is 0.310 e. The Morgan fingerprint density at radius 1 is 0.178 bits per heavy atom. The SMILES string of the molecule is CC(C)(C)c1cc2c3c(c1)N(c1c(-c4ccccc4-c4ccccc4)cccc1-c1ccccc1-c1ccccc1)c1cc(-n4c5ccc(-c6ccccc6)cc5c5cc(-c6ccccc6)ccc54)ccc1B3c1ccc(-n3c4ccc(-c5ccccc5)cc4c4cc(-c5ccccc5)ccc43)cc1N2c1c(-c2ccccc2-c2ccccc2)cccc1-c1ccccc1-c1ccccc1. The van der Waals surface area contributed by atoms with Crippen LogP contribution in [0.1, 0.15) is 26.3 Å². The Morgan fingerprint density at radius 3 is 0.659 bits per heavy atom. The third-order valence-corrected chi connectivity index (χ3v) is 28.1. The van der Waals surface area contributed by atoms with E-state index in [0.717, 1.165) is 179 Å². The topological polar surface area (TPSA) is 16.3 Å². The van der Waals surface area contributed by atoms with Gasteiger partial charge < -0.3 is 18.9 Å². The average molecular weight is 1720 g/mol. The van der Waals surface area contributed by atoms with Gasteiger partial charge in [-0.3, -0.25) is 0 Å². The fourth-order valence-corrected chi connectivity index (χ4v) is 21.8. The van der Waals surface area contributed by atoms with E-state index in [2.05, 4.69) is 537 Å². The Bertz CT molecular complexity index is 7670. The van der Waals surface area contributed by atoms with E-state index in [4.69, 9.17) is 0 Å². The van der Waals surface area contributed by atoms with Gasteiger partial charge in [0.2, 0.25) is 0 Å². The molecule has 4 heterocycles. The second-order valence-electron chi connectivity index (χ2n) is 36.9. The maximum Gasteiger partial charge on any atom is 0.252 e. The summed E-state index contributed by atoms with van der Waals surface area (Å²) in [5, 5.41) is 4.71. The van der Waals surface area contributed by atoms with Crippen molar-refractivity contribution in [1.29, 1.82) is 0 Å². The van der Waals surface area contributed by atoms with Crippen molar-refractivity contribution in [2.45, 2.75) is 26.2 Å². The Kier molecular flexibility index (Phi) is 19.6. The molecule has 0 unspecified atom stereocenters. The molecule has 135 heavy (non-hydrogen) atoms. The zero-order valence-corrected chi connectivity index (χ0v) is 75.2. The fraction of sp³-hybridized carbons (Fsp3) is 0.0308. The third-order valence-electron chi connectivity index (χ3n) is 28.1. The van der Waals surface area contributed by atoms with E-state index < -0.39 is 5.41 Å². The molecule has 23 aromatic rings. The van der Waals surface area contributed by atoms with Gasteiger partial charge in [0.05, 0.1) is 33.4 Å². The molecule has 634 valence electrons. The third kappa shape index (κ3) is 13.8. The summed E-state index contributed by atoms with van der Waals surface area (Å²) in [5.41, 5.74) is 44.6. The van der Waals surface area contributed by atoms with Gasteiger partial charge in [-0.1, -0.05) is 433 Å². The summed E-state index contributed by atoms with van der Waals surface area (Å²) in [6, 6.07) is 187. The van der Waals surface area contributed by atoms with Gasteiger partial charge >= 0.3 is 0 Å². The molecule has 0 saturated carbocycles. The van der Waals surface area contributed by atoms with Crippen LogP contribution in [-0.2, 0) is 5.41 Å². The number of nitrogens with zero attached hydrogens (tertiary/aromatic N) is 4. The predicted octanol–water partition coefficient (Wildman–Crippen LogP) is 33.3. The number of aromatic nitrogens is 2. The molecule has 0 aliphatic carbocycles. The van der Waals surface area contributed by atoms with Crippen molar-refractivity contribution in [3.05, 3.63) is 503 Å². The molecule has 0 atom stereocenters. The predicted molar refractivity (Wildman–Crippen MR) is 573 cm³/mol. The van der Waals surface area contributed by atoms with Crippen LogP contribution in [0.4, 0.5) is 34.1 Å². The van der Waals surface area contributed by atoms with Crippen molar-refractivity contribution in [3.63, 3.8) is 0 Å². The summed E-state index contributed by atoms with van der Waals surface area (Å²) in [6.45, 7) is 6.87. The summed E-state index contributed by atoms with van der Waals surface area (Å²) in [5.74, 6) is 0. The second-order valence-corrected chi connectivity index (χ2v) is 36.9. The zero-order valence-electron chi connectivity index (χ0n) is 75.2. The normalized spacial score (nSPS) is 12.2. The molecule has 0 bridgehead atoms. The molecule has 21 aromatic carbocycles. The van der Waals surface area contributed by atoms with Gasteiger partial charge in [-0.15, -0.1) is 0 Å². The molecule has 2 aliphatic rings. The van der Waals surface area contributed by atoms with Crippen LogP contribution in [0.3, 0.4) is 0 Å². The van der Waals surface area contributed by atoms with E-state index >= 15 is 0 Å². The van der Waals surface area contributed by atoms with Gasteiger partial charge in [0, 0.05) is 77.9 Å². The van der Waals surface area contributed by atoms with Crippen LogP contribution in [0.5, 0.6) is 0 Å². The maximum atomic E-state index is 2.76. The minimum Gasteiger partial charge on any atom is -0.310 e. The van der Waals surface area contributed by atoms with Crippen molar-refractivity contribution >= 4 is 101 Å². The smallest absolute Gasteiger partial charge is 0.252 e. The molecular weight excluding hydrogens is 1630 g/mol. The van der Waals surface area contributed by atoms with Gasteiger partial charge in [-0.25, -0.2) is 0 Å². The van der Waals surface area contributed by atoms with Crippen molar-refractivity contribution in [2.75, 3.05) is 9.80 Å². The maximum absolute atomic E-state index is 2.76. The molecule has 0 saturated heterocycles. The lowest BCUT2D eigenvalue weighted by Gasteiger charge is -2.46. The Morgan fingerprint density at radius 2 is 0.407 bits per heavy atom. The van der Waals surface area contributed by atoms with Gasteiger partial charge in [-0.2, -0.15) is 0 Å². The summed E-state index contributed by atoms with van der Waals surface area (Å²) in [7, 11) is 0. The van der Waals surface area contributed by atoms with Crippen LogP contribution in [0.2, 0.25) is 0 Å². The Labute approximate surface area is 788 Å². The first-order valence-corrected chi connectivity index (χ1v) is 47.0. The molecule has 2 aliphatic heterocycles. The number of hydrogen-bond donors (Lipinski definition) is 0. The molecule has 0 amide bonds. The van der Waals surface area contributed by atoms with Crippen molar-refractivity contribution in [2.24, 2.45) is 0 Å². The molecule has 5 heteroatoms. The first-order valence-electron chi connectivity index (χ1n) is 47.0. The number of hydrogen-bond acceptors (Lipinski definition) is 2. The number of benzene rings is 21. The van der Waals surface area contributed by atoms with E-state index in [1.165, 1.54) is 65.8 Å². The minimum atomic E-state index is -0.451. The highest BCUT2D eigenvalue weighted by atomic mass is 15.2. The Hall–Kier alpha value is -17.1. The number of anilines is 6. The van der Waals surface area contributed by atoms with Crippen molar-refractivity contribution < 1.29 is 0 Å². The van der Waals surface area contributed by atoms with Crippen LogP contribution < -0.4 is 26.2 Å². The monoisotopic (exact) mass is 1720 g/mol. The highest BCUT2D eigenvalue weighted by Crippen LogP contribution is 2.58. The first kappa shape index (κ1) is 80.0. The summed E-state index contributed by atoms with van der Waals surface area (Å²) in [4.78, 5) is 5.52. The molecule has 25 rings (SSSR count). The molecule has 2 aromatic heterocycles. The van der Waals surface area contributed by atoms with Crippen LogP contribution in [0.15, 0.2) is 497 Å². The van der Waals surface area contributed by atoms with E-state index in [9.17, 15) is 0 Å². The number of rotatable bonds is 16. The van der Waals surface area contributed by atoms with Gasteiger partial charge in [0.25, 0.3) is 6.71 Å². The van der Waals surface area contributed by atoms with Crippen molar-refractivity contribution in [1.82, 2.24) is 9.13 Å². The van der Waals surface area contributed by atoms with E-state index in [-0.39, 0.29) is 6.71 Å². The first-order chi connectivity index (χ1) is 66.7. The van der Waals surface area contributed by atoms with E-state index in [1.807, 2.05) is 0 Å². The fourth-order valence-electron chi connectivity index (χ4n) is 21.8. The Balaban J connectivity index is 0.846. The number of fused-ring (bicyclic) bond motifs is 10. The van der Waals surface area contributed by atoms with E-state index in [1.54, 1.807) is 0 Å². The van der Waals surface area contributed by atoms with Crippen LogP contribution in [0.25, 0.3) is 189 Å². The molecule has 4 nitrogen and oxygen atoms in total. The van der Waals surface area contributed by atoms with E-state index in [0.29, 0.717) is 0 Å². The second kappa shape index (κ2) is 33.1. The highest BCUT2D eigenvalue weighted by Gasteiger charge is 2.47. The molecule has 0 radical (unpaired) electrons. The molecule has 0 spiro atoms. The van der Waals surface area contributed by atoms with Crippen molar-refractivity contribution in [3.8, 4) is 145 Å². The molecular formula is C130H91BN4. The quantitative estimate of drug-likeness (QED) is 0.0897. The van der Waals surface area contributed by atoms with Gasteiger partial charge in [0.15, 0.2) is 0 Å². The zero-order chi connectivity index (χ0) is 89.8. The highest BCUT2D eigenvalue weighted by molar-refractivity contribution is 7.00. The minimum absolute atomic E-state index is 0.378. The van der Waals surface area contributed by atoms with Crippen LogP contribution in [-0.4, -0.2) is 15.8 Å². The molecule has 0 fully saturated rings. The summed E-state index contributed by atoms with van der Waals surface area (Å²) >= 11 is 0. The lowest BCUT2D eigenvalue weighted by Crippen LogP contribution is -2.61. The summed E-state index contributed by atoms with van der Waals surface area (Å²) < 4.78 is 5.11. The van der Waals surface area contributed by atoms with Gasteiger partial charge in [0.1, 0.15) is 0 Å². The lowest BCUT2D eigenvalue weighted by molar-refractivity contribution is 0.590. The molecule has 0 N–H and O–H groups in total.